The van der Waals surface area contributed by atoms with Gasteiger partial charge in [-0.05, 0) is 98.2 Å². The molecule has 7 atom stereocenters. The van der Waals surface area contributed by atoms with Crippen LogP contribution in [0.5, 0.6) is 0 Å². The van der Waals surface area contributed by atoms with Crippen LogP contribution in [0.2, 0.25) is 0 Å². The lowest BCUT2D eigenvalue weighted by Crippen LogP contribution is -2.28. The minimum atomic E-state index is 0.735. The molecule has 4 aliphatic rings. The van der Waals surface area contributed by atoms with Crippen molar-refractivity contribution in [2.24, 2.45) is 53.3 Å². The monoisotopic (exact) mass is 372 g/mol. The van der Waals surface area contributed by atoms with Crippen molar-refractivity contribution in [2.75, 3.05) is 0 Å². The second-order valence-electron chi connectivity index (χ2n) is 10.8. The molecule has 4 saturated carbocycles. The predicted molar refractivity (Wildman–Crippen MR) is 109 cm³/mol. The molecule has 7 unspecified atom stereocenters. The quantitative estimate of drug-likeness (QED) is 0.460. The van der Waals surface area contributed by atoms with Crippen LogP contribution in [0.4, 0.5) is 0 Å². The third kappa shape index (κ3) is 4.20. The molecular weight excluding hydrogens is 332 g/mol. The van der Waals surface area contributed by atoms with Crippen molar-refractivity contribution in [1.82, 2.24) is 0 Å². The summed E-state index contributed by atoms with van der Waals surface area (Å²) in [7, 11) is 0. The van der Waals surface area contributed by atoms with Gasteiger partial charge in [0.05, 0.1) is 0 Å². The second kappa shape index (κ2) is 8.78. The Morgan fingerprint density at radius 2 is 1.59 bits per heavy atom. The molecule has 0 amide bonds. The van der Waals surface area contributed by atoms with Crippen LogP contribution in [-0.4, -0.2) is 12.6 Å². The SMILES string of the molecule is CC(CC1CCC(CCC=O)CC1)CC1CCC2C3CC(CC3CC=O)C12. The Labute approximate surface area is 166 Å². The third-order valence-corrected chi connectivity index (χ3v) is 9.29. The Hall–Kier alpha value is -0.660. The van der Waals surface area contributed by atoms with E-state index in [1.807, 2.05) is 0 Å². The summed E-state index contributed by atoms with van der Waals surface area (Å²) in [6, 6.07) is 0. The van der Waals surface area contributed by atoms with Gasteiger partial charge < -0.3 is 9.59 Å². The molecule has 0 radical (unpaired) electrons. The Balaban J connectivity index is 1.22. The number of carbonyl (C=O) groups is 2. The summed E-state index contributed by atoms with van der Waals surface area (Å²) in [6.07, 6.45) is 19.2. The first-order chi connectivity index (χ1) is 13.2. The van der Waals surface area contributed by atoms with Crippen molar-refractivity contribution in [2.45, 2.75) is 90.4 Å². The van der Waals surface area contributed by atoms with Crippen LogP contribution in [0, 0.1) is 53.3 Å². The minimum Gasteiger partial charge on any atom is -0.303 e. The lowest BCUT2D eigenvalue weighted by Gasteiger charge is -2.35. The maximum Gasteiger partial charge on any atom is 0.120 e. The topological polar surface area (TPSA) is 34.1 Å². The van der Waals surface area contributed by atoms with Crippen molar-refractivity contribution in [1.29, 1.82) is 0 Å². The summed E-state index contributed by atoms with van der Waals surface area (Å²) >= 11 is 0. The van der Waals surface area contributed by atoms with Gasteiger partial charge in [0.1, 0.15) is 12.6 Å². The van der Waals surface area contributed by atoms with E-state index in [0.29, 0.717) is 0 Å². The standard InChI is InChI=1S/C25H40O2/c1-17(13-19-6-4-18(5-7-19)3-2-11-26)14-21-8-9-23-24-16-22(25(21)23)15-20(24)10-12-27/h11-12,17-25H,2-10,13-16H2,1H3. The summed E-state index contributed by atoms with van der Waals surface area (Å²) in [4.78, 5) is 21.6. The van der Waals surface area contributed by atoms with E-state index in [1.54, 1.807) is 0 Å². The van der Waals surface area contributed by atoms with E-state index >= 15 is 0 Å². The average Bonchev–Trinajstić information content (AvgIpc) is 3.34. The van der Waals surface area contributed by atoms with Crippen LogP contribution >= 0.6 is 0 Å². The van der Waals surface area contributed by atoms with Crippen molar-refractivity contribution in [3.05, 3.63) is 0 Å². The van der Waals surface area contributed by atoms with Gasteiger partial charge in [-0.15, -0.1) is 0 Å². The van der Waals surface area contributed by atoms with Crippen LogP contribution in [0.1, 0.15) is 90.4 Å². The summed E-state index contributed by atoms with van der Waals surface area (Å²) in [5, 5.41) is 0. The highest BCUT2D eigenvalue weighted by molar-refractivity contribution is 5.50. The first-order valence-corrected chi connectivity index (χ1v) is 12.1. The zero-order valence-corrected chi connectivity index (χ0v) is 17.4. The fourth-order valence-corrected chi connectivity index (χ4v) is 8.33. The fourth-order valence-electron chi connectivity index (χ4n) is 8.33. The van der Waals surface area contributed by atoms with E-state index in [9.17, 15) is 9.59 Å². The number of carbonyl (C=O) groups excluding carboxylic acids is 2. The number of rotatable bonds is 9. The molecule has 0 aromatic rings. The zero-order valence-electron chi connectivity index (χ0n) is 17.4. The maximum absolute atomic E-state index is 11.0. The fraction of sp³-hybridized carbons (Fsp3) is 0.920. The molecule has 4 fully saturated rings. The average molecular weight is 373 g/mol. The molecule has 0 aromatic carbocycles. The number of hydrogen-bond acceptors (Lipinski definition) is 2. The van der Waals surface area contributed by atoms with Crippen LogP contribution in [0.3, 0.4) is 0 Å². The van der Waals surface area contributed by atoms with Gasteiger partial charge >= 0.3 is 0 Å². The molecule has 0 saturated heterocycles. The number of fused-ring (bicyclic) bond motifs is 5. The normalized spacial score (nSPS) is 44.2. The summed E-state index contributed by atoms with van der Waals surface area (Å²) < 4.78 is 0. The second-order valence-corrected chi connectivity index (χ2v) is 10.8. The number of aldehydes is 2. The van der Waals surface area contributed by atoms with Gasteiger partial charge in [0, 0.05) is 12.8 Å². The van der Waals surface area contributed by atoms with Gasteiger partial charge in [0.2, 0.25) is 0 Å². The molecule has 152 valence electrons. The van der Waals surface area contributed by atoms with Gasteiger partial charge in [-0.2, -0.15) is 0 Å². The van der Waals surface area contributed by atoms with E-state index in [4.69, 9.17) is 0 Å². The van der Waals surface area contributed by atoms with Gasteiger partial charge in [-0.1, -0.05) is 32.6 Å². The van der Waals surface area contributed by atoms with E-state index in [0.717, 1.165) is 78.8 Å². The van der Waals surface area contributed by atoms with Crippen molar-refractivity contribution < 1.29 is 9.59 Å². The predicted octanol–water partition coefficient (Wildman–Crippen LogP) is 6.08. The Morgan fingerprint density at radius 1 is 0.815 bits per heavy atom. The summed E-state index contributed by atoms with van der Waals surface area (Å²) in [5.74, 6) is 8.21. The van der Waals surface area contributed by atoms with Crippen molar-refractivity contribution in [3.63, 3.8) is 0 Å². The van der Waals surface area contributed by atoms with Gasteiger partial charge in [-0.25, -0.2) is 0 Å². The molecule has 0 aromatic heterocycles. The first kappa shape index (κ1) is 19.6. The van der Waals surface area contributed by atoms with Gasteiger partial charge in [0.25, 0.3) is 0 Å². The zero-order chi connectivity index (χ0) is 18.8. The molecule has 27 heavy (non-hydrogen) atoms. The Bertz CT molecular complexity index is 506. The Morgan fingerprint density at radius 3 is 2.33 bits per heavy atom. The minimum absolute atomic E-state index is 0.735. The summed E-state index contributed by atoms with van der Waals surface area (Å²) in [6.45, 7) is 2.52. The molecule has 0 spiro atoms. The Kier molecular flexibility index (Phi) is 6.39. The molecule has 2 nitrogen and oxygen atoms in total. The molecule has 0 N–H and O–H groups in total. The summed E-state index contributed by atoms with van der Waals surface area (Å²) in [5.41, 5.74) is 0. The smallest absolute Gasteiger partial charge is 0.120 e. The van der Waals surface area contributed by atoms with Crippen LogP contribution in [0.25, 0.3) is 0 Å². The molecule has 2 bridgehead atoms. The van der Waals surface area contributed by atoms with E-state index in [-0.39, 0.29) is 0 Å². The third-order valence-electron chi connectivity index (χ3n) is 9.29. The molecule has 2 heteroatoms. The van der Waals surface area contributed by atoms with Gasteiger partial charge in [-0.3, -0.25) is 0 Å². The maximum atomic E-state index is 11.0. The number of hydrogen-bond donors (Lipinski definition) is 0. The van der Waals surface area contributed by atoms with E-state index in [2.05, 4.69) is 6.92 Å². The van der Waals surface area contributed by atoms with Crippen LogP contribution in [-0.2, 0) is 9.59 Å². The lowest BCUT2D eigenvalue weighted by atomic mass is 9.70. The van der Waals surface area contributed by atoms with Crippen LogP contribution in [0.15, 0.2) is 0 Å². The van der Waals surface area contributed by atoms with E-state index in [1.165, 1.54) is 70.5 Å². The molecule has 4 rings (SSSR count). The van der Waals surface area contributed by atoms with Crippen LogP contribution < -0.4 is 0 Å². The van der Waals surface area contributed by atoms with Gasteiger partial charge in [0.15, 0.2) is 0 Å². The highest BCUT2D eigenvalue weighted by atomic mass is 16.1. The highest BCUT2D eigenvalue weighted by Gasteiger charge is 2.56. The molecular formula is C25H40O2. The molecule has 0 aliphatic heterocycles. The molecule has 0 heterocycles. The van der Waals surface area contributed by atoms with Crippen molar-refractivity contribution >= 4 is 12.6 Å². The largest absolute Gasteiger partial charge is 0.303 e. The van der Waals surface area contributed by atoms with E-state index < -0.39 is 0 Å². The lowest BCUT2D eigenvalue weighted by molar-refractivity contribution is -0.109. The van der Waals surface area contributed by atoms with Crippen molar-refractivity contribution in [3.8, 4) is 0 Å². The highest BCUT2D eigenvalue weighted by Crippen LogP contribution is 2.64. The molecule has 4 aliphatic carbocycles. The first-order valence-electron chi connectivity index (χ1n) is 12.1.